The number of carbonyl (C=O) groups is 2. The van der Waals surface area contributed by atoms with Gasteiger partial charge in [-0.25, -0.2) is 4.39 Å². The zero-order valence-corrected chi connectivity index (χ0v) is 12.7. The summed E-state index contributed by atoms with van der Waals surface area (Å²) < 4.78 is 12.8. The van der Waals surface area contributed by atoms with Crippen LogP contribution in [0.15, 0.2) is 53.4 Å². The largest absolute Gasteiger partial charge is 0.326 e. The van der Waals surface area contributed by atoms with Crippen LogP contribution in [-0.2, 0) is 9.59 Å². The third-order valence-electron chi connectivity index (χ3n) is 2.65. The molecule has 0 aliphatic heterocycles. The van der Waals surface area contributed by atoms with E-state index < -0.39 is 0 Å². The Morgan fingerprint density at radius 3 is 2.45 bits per heavy atom. The lowest BCUT2D eigenvalue weighted by atomic mass is 10.3. The van der Waals surface area contributed by atoms with Crippen LogP contribution in [0.4, 0.5) is 15.8 Å². The average molecular weight is 318 g/mol. The summed E-state index contributed by atoms with van der Waals surface area (Å²) in [5, 5.41) is 5.38. The van der Waals surface area contributed by atoms with E-state index in [-0.39, 0.29) is 23.4 Å². The highest BCUT2D eigenvalue weighted by Gasteiger charge is 2.05. The first kappa shape index (κ1) is 16.0. The third-order valence-corrected chi connectivity index (χ3v) is 3.65. The summed E-state index contributed by atoms with van der Waals surface area (Å²) in [4.78, 5) is 23.7. The molecule has 0 saturated carbocycles. The van der Waals surface area contributed by atoms with E-state index >= 15 is 0 Å². The second-order valence-electron chi connectivity index (χ2n) is 4.55. The molecule has 0 spiro atoms. The molecule has 0 atom stereocenters. The van der Waals surface area contributed by atoms with Crippen molar-refractivity contribution in [2.24, 2.45) is 0 Å². The van der Waals surface area contributed by atoms with Crippen molar-refractivity contribution in [2.75, 3.05) is 16.4 Å². The fourth-order valence-corrected chi connectivity index (χ4v) is 2.50. The van der Waals surface area contributed by atoms with Gasteiger partial charge < -0.3 is 10.6 Å². The number of hydrogen-bond acceptors (Lipinski definition) is 3. The Kier molecular flexibility index (Phi) is 5.55. The first-order valence-corrected chi connectivity index (χ1v) is 7.57. The molecule has 0 heterocycles. The molecule has 0 unspecified atom stereocenters. The van der Waals surface area contributed by atoms with Crippen LogP contribution in [0.25, 0.3) is 0 Å². The van der Waals surface area contributed by atoms with Gasteiger partial charge in [-0.15, -0.1) is 11.8 Å². The van der Waals surface area contributed by atoms with E-state index in [0.717, 1.165) is 4.90 Å². The summed E-state index contributed by atoms with van der Waals surface area (Å²) >= 11 is 1.35. The molecule has 0 bridgehead atoms. The number of amides is 2. The van der Waals surface area contributed by atoms with Crippen LogP contribution in [0, 0.1) is 5.82 Å². The summed E-state index contributed by atoms with van der Waals surface area (Å²) in [7, 11) is 0. The molecule has 114 valence electrons. The fraction of sp³-hybridized carbons (Fsp3) is 0.125. The smallest absolute Gasteiger partial charge is 0.234 e. The third kappa shape index (κ3) is 5.21. The van der Waals surface area contributed by atoms with Crippen molar-refractivity contribution in [1.29, 1.82) is 0 Å². The SMILES string of the molecule is CC(=O)Nc1cccc(SCC(=O)Nc2ccc(F)cc2)c1. The molecule has 0 saturated heterocycles. The monoisotopic (exact) mass is 318 g/mol. The minimum Gasteiger partial charge on any atom is -0.326 e. The van der Waals surface area contributed by atoms with Gasteiger partial charge in [-0.3, -0.25) is 9.59 Å². The standard InChI is InChI=1S/C16H15FN2O2S/c1-11(20)18-14-3-2-4-15(9-14)22-10-16(21)19-13-7-5-12(17)6-8-13/h2-9H,10H2,1H3,(H,18,20)(H,19,21). The summed E-state index contributed by atoms with van der Waals surface area (Å²) in [6.07, 6.45) is 0. The number of benzene rings is 2. The molecule has 0 fully saturated rings. The van der Waals surface area contributed by atoms with Crippen LogP contribution in [0.2, 0.25) is 0 Å². The van der Waals surface area contributed by atoms with Gasteiger partial charge in [0.15, 0.2) is 0 Å². The molecule has 2 aromatic carbocycles. The van der Waals surface area contributed by atoms with E-state index in [0.29, 0.717) is 11.4 Å². The van der Waals surface area contributed by atoms with Gasteiger partial charge in [0.05, 0.1) is 5.75 Å². The maximum absolute atomic E-state index is 12.8. The van der Waals surface area contributed by atoms with Gasteiger partial charge in [-0.2, -0.15) is 0 Å². The van der Waals surface area contributed by atoms with Gasteiger partial charge in [0.25, 0.3) is 0 Å². The lowest BCUT2D eigenvalue weighted by molar-refractivity contribution is -0.114. The second-order valence-corrected chi connectivity index (χ2v) is 5.60. The highest BCUT2D eigenvalue weighted by Crippen LogP contribution is 2.22. The maximum atomic E-state index is 12.8. The van der Waals surface area contributed by atoms with Crippen LogP contribution in [0.5, 0.6) is 0 Å². The van der Waals surface area contributed by atoms with Gasteiger partial charge in [0, 0.05) is 23.2 Å². The summed E-state index contributed by atoms with van der Waals surface area (Å²) in [5.41, 5.74) is 1.25. The summed E-state index contributed by atoms with van der Waals surface area (Å²) in [5.74, 6) is -0.444. The van der Waals surface area contributed by atoms with E-state index in [1.54, 1.807) is 12.1 Å². The van der Waals surface area contributed by atoms with Crippen LogP contribution in [0.3, 0.4) is 0 Å². The molecule has 0 aliphatic carbocycles. The number of anilines is 2. The quantitative estimate of drug-likeness (QED) is 0.829. The molecule has 22 heavy (non-hydrogen) atoms. The number of thioether (sulfide) groups is 1. The molecule has 4 nitrogen and oxygen atoms in total. The van der Waals surface area contributed by atoms with Crippen molar-refractivity contribution < 1.29 is 14.0 Å². The molecule has 2 N–H and O–H groups in total. The van der Waals surface area contributed by atoms with Gasteiger partial charge in [0.1, 0.15) is 5.82 Å². The topological polar surface area (TPSA) is 58.2 Å². The second kappa shape index (κ2) is 7.61. The van der Waals surface area contributed by atoms with Gasteiger partial charge in [-0.1, -0.05) is 6.07 Å². The van der Waals surface area contributed by atoms with Crippen molar-refractivity contribution in [3.8, 4) is 0 Å². The molecule has 0 aromatic heterocycles. The number of carbonyl (C=O) groups excluding carboxylic acids is 2. The first-order valence-electron chi connectivity index (χ1n) is 6.59. The van der Waals surface area contributed by atoms with Crippen molar-refractivity contribution >= 4 is 35.0 Å². The maximum Gasteiger partial charge on any atom is 0.234 e. The van der Waals surface area contributed by atoms with Crippen LogP contribution < -0.4 is 10.6 Å². The average Bonchev–Trinajstić information content (AvgIpc) is 2.47. The molecule has 2 amide bonds. The lowest BCUT2D eigenvalue weighted by Crippen LogP contribution is -2.13. The van der Waals surface area contributed by atoms with E-state index in [2.05, 4.69) is 10.6 Å². The Bertz CT molecular complexity index is 674. The number of halogens is 1. The minimum absolute atomic E-state index is 0.142. The van der Waals surface area contributed by atoms with E-state index in [1.807, 2.05) is 12.1 Å². The van der Waals surface area contributed by atoms with Gasteiger partial charge in [-0.05, 0) is 42.5 Å². The normalized spacial score (nSPS) is 10.1. The van der Waals surface area contributed by atoms with E-state index in [4.69, 9.17) is 0 Å². The Hall–Kier alpha value is -2.34. The van der Waals surface area contributed by atoms with Crippen LogP contribution in [-0.4, -0.2) is 17.6 Å². The van der Waals surface area contributed by atoms with E-state index in [1.165, 1.54) is 43.0 Å². The molecular formula is C16H15FN2O2S. The van der Waals surface area contributed by atoms with Crippen LogP contribution >= 0.6 is 11.8 Å². The minimum atomic E-state index is -0.345. The fourth-order valence-electron chi connectivity index (χ4n) is 1.75. The predicted octanol–water partition coefficient (Wildman–Crippen LogP) is 3.51. The molecule has 2 aromatic rings. The Balaban J connectivity index is 1.88. The van der Waals surface area contributed by atoms with Gasteiger partial charge in [0.2, 0.25) is 11.8 Å². The number of nitrogens with one attached hydrogen (secondary N) is 2. The van der Waals surface area contributed by atoms with Crippen molar-refractivity contribution in [3.05, 3.63) is 54.3 Å². The summed E-state index contributed by atoms with van der Waals surface area (Å²) in [6.45, 7) is 1.44. The Labute approximate surface area is 132 Å². The highest BCUT2D eigenvalue weighted by molar-refractivity contribution is 8.00. The first-order chi connectivity index (χ1) is 10.5. The summed E-state index contributed by atoms with van der Waals surface area (Å²) in [6, 6.07) is 12.9. The molecule has 0 radical (unpaired) electrons. The molecule has 0 aliphatic rings. The molecule has 2 rings (SSSR count). The molecular weight excluding hydrogens is 303 g/mol. The highest BCUT2D eigenvalue weighted by atomic mass is 32.2. The van der Waals surface area contributed by atoms with Crippen molar-refractivity contribution in [2.45, 2.75) is 11.8 Å². The van der Waals surface area contributed by atoms with Crippen molar-refractivity contribution in [1.82, 2.24) is 0 Å². The van der Waals surface area contributed by atoms with E-state index in [9.17, 15) is 14.0 Å². The van der Waals surface area contributed by atoms with Crippen molar-refractivity contribution in [3.63, 3.8) is 0 Å². The van der Waals surface area contributed by atoms with Crippen LogP contribution in [0.1, 0.15) is 6.92 Å². The van der Waals surface area contributed by atoms with Gasteiger partial charge >= 0.3 is 0 Å². The predicted molar refractivity (Wildman–Crippen MR) is 86.5 cm³/mol. The number of rotatable bonds is 5. The Morgan fingerprint density at radius 2 is 1.77 bits per heavy atom. The lowest BCUT2D eigenvalue weighted by Gasteiger charge is -2.07. The zero-order chi connectivity index (χ0) is 15.9. The Morgan fingerprint density at radius 1 is 1.05 bits per heavy atom. The zero-order valence-electron chi connectivity index (χ0n) is 11.9. The molecule has 6 heteroatoms. The number of hydrogen-bond donors (Lipinski definition) is 2.